The van der Waals surface area contributed by atoms with Crippen LogP contribution in [0.3, 0.4) is 0 Å². The molecule has 1 aliphatic heterocycles. The zero-order valence-electron chi connectivity index (χ0n) is 15.0. The van der Waals surface area contributed by atoms with Crippen LogP contribution in [0.4, 0.5) is 4.39 Å². The molecular formula is C19H25FN4O. The van der Waals surface area contributed by atoms with E-state index in [1.54, 1.807) is 16.8 Å². The minimum Gasteiger partial charge on any atom is -0.348 e. The second-order valence-electron chi connectivity index (χ2n) is 6.83. The summed E-state index contributed by atoms with van der Waals surface area (Å²) < 4.78 is 14.8. The maximum absolute atomic E-state index is 13.1. The van der Waals surface area contributed by atoms with Crippen molar-refractivity contribution < 1.29 is 9.18 Å². The number of nitrogens with zero attached hydrogens (tertiary/aromatic N) is 3. The van der Waals surface area contributed by atoms with Gasteiger partial charge in [0.05, 0.1) is 17.8 Å². The molecule has 2 aromatic rings. The smallest absolute Gasteiger partial charge is 0.237 e. The molecule has 3 rings (SSSR count). The van der Waals surface area contributed by atoms with Crippen LogP contribution in [0.5, 0.6) is 0 Å². The van der Waals surface area contributed by atoms with Crippen LogP contribution in [0.25, 0.3) is 0 Å². The Balaban J connectivity index is 1.64. The third-order valence-electron chi connectivity index (χ3n) is 4.84. The number of carbonyl (C=O) groups excluding carboxylic acids is 1. The van der Waals surface area contributed by atoms with Gasteiger partial charge in [-0.1, -0.05) is 12.1 Å². The molecular weight excluding hydrogens is 319 g/mol. The molecule has 1 aromatic heterocycles. The standard InChI is InChI=1S/C19H25FN4O/c1-13(17-12-23(3)22-14(17)2)21-19(25)18-5-4-10-24(18)11-15-6-8-16(20)9-7-15/h6-9,12-13,18H,4-5,10-11H2,1-3H3,(H,21,25). The van der Waals surface area contributed by atoms with E-state index in [9.17, 15) is 9.18 Å². The summed E-state index contributed by atoms with van der Waals surface area (Å²) in [5.74, 6) is -0.185. The van der Waals surface area contributed by atoms with Gasteiger partial charge in [0.1, 0.15) is 5.82 Å². The highest BCUT2D eigenvalue weighted by Crippen LogP contribution is 2.22. The Labute approximate surface area is 147 Å². The first-order chi connectivity index (χ1) is 11.9. The van der Waals surface area contributed by atoms with E-state index in [0.29, 0.717) is 6.54 Å². The van der Waals surface area contributed by atoms with Crippen molar-refractivity contribution in [2.75, 3.05) is 6.54 Å². The summed E-state index contributed by atoms with van der Waals surface area (Å²) in [5.41, 5.74) is 3.00. The van der Waals surface area contributed by atoms with E-state index in [1.165, 1.54) is 12.1 Å². The van der Waals surface area contributed by atoms with Crippen LogP contribution in [0.1, 0.15) is 42.6 Å². The number of aryl methyl sites for hydroxylation is 2. The Hall–Kier alpha value is -2.21. The molecule has 0 aliphatic carbocycles. The largest absolute Gasteiger partial charge is 0.348 e. The van der Waals surface area contributed by atoms with E-state index >= 15 is 0 Å². The Morgan fingerprint density at radius 2 is 2.12 bits per heavy atom. The number of halogens is 1. The number of carbonyl (C=O) groups is 1. The molecule has 2 atom stereocenters. The fraction of sp³-hybridized carbons (Fsp3) is 0.474. The SMILES string of the molecule is Cc1nn(C)cc1C(C)NC(=O)C1CCCN1Cc1ccc(F)cc1. The summed E-state index contributed by atoms with van der Waals surface area (Å²) >= 11 is 0. The van der Waals surface area contributed by atoms with Gasteiger partial charge in [-0.25, -0.2) is 4.39 Å². The third kappa shape index (κ3) is 4.07. The van der Waals surface area contributed by atoms with Gasteiger partial charge in [-0.05, 0) is 50.9 Å². The summed E-state index contributed by atoms with van der Waals surface area (Å²) in [7, 11) is 1.88. The molecule has 134 valence electrons. The predicted octanol–water partition coefficient (Wildman–Crippen LogP) is 2.71. The lowest BCUT2D eigenvalue weighted by Gasteiger charge is -2.25. The molecule has 1 aliphatic rings. The van der Waals surface area contributed by atoms with Gasteiger partial charge >= 0.3 is 0 Å². The number of benzene rings is 1. The molecule has 2 unspecified atom stereocenters. The Kier molecular flexibility index (Phi) is 5.18. The number of hydrogen-bond donors (Lipinski definition) is 1. The number of aromatic nitrogens is 2. The summed E-state index contributed by atoms with van der Waals surface area (Å²) in [6, 6.07) is 6.29. The van der Waals surface area contributed by atoms with Crippen molar-refractivity contribution in [3.05, 3.63) is 53.1 Å². The van der Waals surface area contributed by atoms with Gasteiger partial charge in [-0.3, -0.25) is 14.4 Å². The second-order valence-corrected chi connectivity index (χ2v) is 6.83. The fourth-order valence-electron chi connectivity index (χ4n) is 3.57. The van der Waals surface area contributed by atoms with E-state index in [0.717, 1.165) is 36.2 Å². The van der Waals surface area contributed by atoms with Crippen molar-refractivity contribution in [3.8, 4) is 0 Å². The maximum Gasteiger partial charge on any atom is 0.237 e. The molecule has 0 bridgehead atoms. The molecule has 1 saturated heterocycles. The highest BCUT2D eigenvalue weighted by atomic mass is 19.1. The van der Waals surface area contributed by atoms with Crippen LogP contribution < -0.4 is 5.32 Å². The quantitative estimate of drug-likeness (QED) is 0.907. The molecule has 0 radical (unpaired) electrons. The van der Waals surface area contributed by atoms with E-state index in [-0.39, 0.29) is 23.8 Å². The predicted molar refractivity (Wildman–Crippen MR) is 94.3 cm³/mol. The summed E-state index contributed by atoms with van der Waals surface area (Å²) in [5, 5.41) is 7.46. The Morgan fingerprint density at radius 1 is 1.40 bits per heavy atom. The minimum atomic E-state index is -0.236. The van der Waals surface area contributed by atoms with Crippen molar-refractivity contribution in [2.45, 2.75) is 45.3 Å². The molecule has 5 nitrogen and oxygen atoms in total. The number of nitrogens with one attached hydrogen (secondary N) is 1. The lowest BCUT2D eigenvalue weighted by atomic mass is 10.1. The van der Waals surface area contributed by atoms with Gasteiger partial charge in [-0.15, -0.1) is 0 Å². The summed E-state index contributed by atoms with van der Waals surface area (Å²) in [6.07, 6.45) is 3.80. The third-order valence-corrected chi connectivity index (χ3v) is 4.84. The van der Waals surface area contributed by atoms with E-state index in [2.05, 4.69) is 15.3 Å². The van der Waals surface area contributed by atoms with Crippen LogP contribution in [-0.2, 0) is 18.4 Å². The van der Waals surface area contributed by atoms with Gasteiger partial charge in [0.25, 0.3) is 0 Å². The zero-order chi connectivity index (χ0) is 18.0. The molecule has 1 N–H and O–H groups in total. The van der Waals surface area contributed by atoms with Crippen LogP contribution >= 0.6 is 0 Å². The average Bonchev–Trinajstić information content (AvgIpc) is 3.15. The number of likely N-dealkylation sites (tertiary alicyclic amines) is 1. The van der Waals surface area contributed by atoms with Gasteiger partial charge in [0.2, 0.25) is 5.91 Å². The summed E-state index contributed by atoms with van der Waals surface area (Å²) in [6.45, 7) is 5.49. The Morgan fingerprint density at radius 3 is 2.76 bits per heavy atom. The molecule has 0 saturated carbocycles. The van der Waals surface area contributed by atoms with Gasteiger partial charge < -0.3 is 5.32 Å². The monoisotopic (exact) mass is 344 g/mol. The Bertz CT molecular complexity index is 740. The molecule has 1 fully saturated rings. The van der Waals surface area contributed by atoms with Crippen LogP contribution in [0.2, 0.25) is 0 Å². The van der Waals surface area contributed by atoms with Gasteiger partial charge in [0.15, 0.2) is 0 Å². The molecule has 1 amide bonds. The second kappa shape index (κ2) is 7.35. The topological polar surface area (TPSA) is 50.2 Å². The van der Waals surface area contributed by atoms with Crippen molar-refractivity contribution >= 4 is 5.91 Å². The first-order valence-electron chi connectivity index (χ1n) is 8.73. The van der Waals surface area contributed by atoms with Crippen molar-refractivity contribution in [1.82, 2.24) is 20.0 Å². The number of amides is 1. The molecule has 1 aromatic carbocycles. The molecule has 6 heteroatoms. The zero-order valence-corrected chi connectivity index (χ0v) is 15.0. The number of hydrogen-bond acceptors (Lipinski definition) is 3. The van der Waals surface area contributed by atoms with Crippen molar-refractivity contribution in [2.24, 2.45) is 7.05 Å². The van der Waals surface area contributed by atoms with E-state index in [1.807, 2.05) is 27.1 Å². The highest BCUT2D eigenvalue weighted by Gasteiger charge is 2.31. The molecule has 2 heterocycles. The van der Waals surface area contributed by atoms with E-state index in [4.69, 9.17) is 0 Å². The van der Waals surface area contributed by atoms with E-state index < -0.39 is 0 Å². The average molecular weight is 344 g/mol. The highest BCUT2D eigenvalue weighted by molar-refractivity contribution is 5.82. The molecule has 25 heavy (non-hydrogen) atoms. The first kappa shape index (κ1) is 17.6. The van der Waals surface area contributed by atoms with Crippen molar-refractivity contribution in [3.63, 3.8) is 0 Å². The van der Waals surface area contributed by atoms with Crippen LogP contribution in [0.15, 0.2) is 30.5 Å². The number of rotatable bonds is 5. The van der Waals surface area contributed by atoms with Crippen LogP contribution in [0, 0.1) is 12.7 Å². The maximum atomic E-state index is 13.1. The molecule has 0 spiro atoms. The van der Waals surface area contributed by atoms with Crippen molar-refractivity contribution in [1.29, 1.82) is 0 Å². The van der Waals surface area contributed by atoms with Crippen LogP contribution in [-0.4, -0.2) is 33.2 Å². The minimum absolute atomic E-state index is 0.0513. The normalized spacial score (nSPS) is 19.1. The fourth-order valence-corrected chi connectivity index (χ4v) is 3.57. The van der Waals surface area contributed by atoms with Gasteiger partial charge in [-0.2, -0.15) is 5.10 Å². The lowest BCUT2D eigenvalue weighted by molar-refractivity contribution is -0.126. The van der Waals surface area contributed by atoms with Gasteiger partial charge in [0, 0.05) is 25.4 Å². The lowest BCUT2D eigenvalue weighted by Crippen LogP contribution is -2.43. The summed E-state index contributed by atoms with van der Waals surface area (Å²) in [4.78, 5) is 14.9. The first-order valence-corrected chi connectivity index (χ1v) is 8.73.